The van der Waals surface area contributed by atoms with Crippen LogP contribution in [0.1, 0.15) is 35.6 Å². The first-order valence-corrected chi connectivity index (χ1v) is 12.3. The van der Waals surface area contributed by atoms with Crippen LogP contribution in [-0.2, 0) is 20.7 Å². The van der Waals surface area contributed by atoms with Crippen molar-refractivity contribution in [3.8, 4) is 11.1 Å². The van der Waals surface area contributed by atoms with E-state index in [9.17, 15) is 9.59 Å². The zero-order valence-corrected chi connectivity index (χ0v) is 19.5. The Morgan fingerprint density at radius 2 is 1.51 bits per heavy atom. The van der Waals surface area contributed by atoms with Crippen LogP contribution in [0.25, 0.3) is 11.1 Å². The fourth-order valence-electron chi connectivity index (χ4n) is 5.97. The average Bonchev–Trinajstić information content (AvgIpc) is 3.21. The van der Waals surface area contributed by atoms with Crippen LogP contribution in [0.2, 0.25) is 0 Å². The third-order valence-corrected chi connectivity index (χ3v) is 7.60. The number of pyridine rings is 1. The van der Waals surface area contributed by atoms with Gasteiger partial charge in [-0.2, -0.15) is 0 Å². The predicted octanol–water partition coefficient (Wildman–Crippen LogP) is 4.62. The van der Waals surface area contributed by atoms with Gasteiger partial charge in [0.05, 0.1) is 25.3 Å². The van der Waals surface area contributed by atoms with Gasteiger partial charge in [-0.05, 0) is 47.2 Å². The Morgan fingerprint density at radius 1 is 0.886 bits per heavy atom. The Kier molecular flexibility index (Phi) is 5.82. The molecule has 6 heteroatoms. The normalized spacial score (nSPS) is 22.9. The third kappa shape index (κ3) is 4.12. The lowest BCUT2D eigenvalue weighted by Crippen LogP contribution is -2.60. The molecular weight excluding hydrogens is 440 g/mol. The van der Waals surface area contributed by atoms with Gasteiger partial charge in [-0.25, -0.2) is 4.79 Å². The van der Waals surface area contributed by atoms with E-state index in [0.29, 0.717) is 39.1 Å². The molecule has 0 saturated carbocycles. The van der Waals surface area contributed by atoms with Gasteiger partial charge in [0.15, 0.2) is 0 Å². The first-order valence-electron chi connectivity index (χ1n) is 12.3. The lowest BCUT2D eigenvalue weighted by Gasteiger charge is -2.47. The monoisotopic (exact) mass is 468 g/mol. The van der Waals surface area contributed by atoms with Crippen molar-refractivity contribution < 1.29 is 19.1 Å². The van der Waals surface area contributed by atoms with Gasteiger partial charge in [0, 0.05) is 30.1 Å². The molecule has 1 amide bonds. The maximum absolute atomic E-state index is 13.3. The first kappa shape index (κ1) is 22.0. The molecule has 0 N–H and O–H groups in total. The van der Waals surface area contributed by atoms with E-state index in [4.69, 9.17) is 9.47 Å². The molecule has 0 radical (unpaired) electrons. The molecule has 2 bridgehead atoms. The fraction of sp³-hybridized carbons (Fsp3) is 0.345. The second-order valence-electron chi connectivity index (χ2n) is 9.69. The molecule has 2 unspecified atom stereocenters. The Labute approximate surface area is 204 Å². The molecule has 1 aliphatic carbocycles. The molecule has 3 aliphatic rings. The number of piperidine rings is 1. The Hall–Kier alpha value is -3.51. The van der Waals surface area contributed by atoms with Gasteiger partial charge in [0.2, 0.25) is 0 Å². The molecule has 2 aliphatic heterocycles. The number of fused-ring (bicyclic) bond motifs is 5. The van der Waals surface area contributed by atoms with Gasteiger partial charge in [-0.1, -0.05) is 54.6 Å². The average molecular weight is 469 g/mol. The highest BCUT2D eigenvalue weighted by molar-refractivity contribution is 5.83. The SMILES string of the molecule is O=C(Cc1ccccn1)C1CC2COCC(C1)N2C(=O)OCC1c2ccccc2-c2ccccc21. The highest BCUT2D eigenvalue weighted by Crippen LogP contribution is 2.44. The number of morpholine rings is 1. The lowest BCUT2D eigenvalue weighted by molar-refractivity contribution is -0.130. The molecule has 2 aromatic carbocycles. The zero-order valence-electron chi connectivity index (χ0n) is 19.5. The van der Waals surface area contributed by atoms with Gasteiger partial charge in [0.1, 0.15) is 12.4 Å². The molecule has 1 aromatic heterocycles. The van der Waals surface area contributed by atoms with Gasteiger partial charge < -0.3 is 9.47 Å². The minimum atomic E-state index is -0.305. The summed E-state index contributed by atoms with van der Waals surface area (Å²) in [4.78, 5) is 32.4. The number of hydrogen-bond donors (Lipinski definition) is 0. The van der Waals surface area contributed by atoms with Crippen molar-refractivity contribution in [1.29, 1.82) is 0 Å². The van der Waals surface area contributed by atoms with E-state index in [-0.39, 0.29) is 35.8 Å². The number of amides is 1. The van der Waals surface area contributed by atoms with Crippen molar-refractivity contribution in [2.75, 3.05) is 19.8 Å². The summed E-state index contributed by atoms with van der Waals surface area (Å²) in [6.45, 7) is 1.17. The van der Waals surface area contributed by atoms with Crippen LogP contribution in [0.5, 0.6) is 0 Å². The van der Waals surface area contributed by atoms with E-state index in [1.807, 2.05) is 47.4 Å². The molecule has 3 aromatic rings. The maximum Gasteiger partial charge on any atom is 0.410 e. The van der Waals surface area contributed by atoms with Crippen LogP contribution in [0.3, 0.4) is 0 Å². The van der Waals surface area contributed by atoms with Gasteiger partial charge >= 0.3 is 6.09 Å². The topological polar surface area (TPSA) is 68.7 Å². The summed E-state index contributed by atoms with van der Waals surface area (Å²) < 4.78 is 11.7. The lowest BCUT2D eigenvalue weighted by atomic mass is 9.81. The molecule has 2 fully saturated rings. The molecule has 178 valence electrons. The Bertz CT molecular complexity index is 1180. The number of Topliss-reactive ketones (excluding diaryl/α,β-unsaturated/α-hetero) is 1. The Balaban J connectivity index is 1.14. The second-order valence-corrected chi connectivity index (χ2v) is 9.69. The summed E-state index contributed by atoms with van der Waals surface area (Å²) in [7, 11) is 0. The van der Waals surface area contributed by atoms with Crippen molar-refractivity contribution in [2.45, 2.75) is 37.3 Å². The van der Waals surface area contributed by atoms with Crippen molar-refractivity contribution in [1.82, 2.24) is 9.88 Å². The zero-order chi connectivity index (χ0) is 23.8. The second kappa shape index (κ2) is 9.27. The number of carbonyl (C=O) groups excluding carboxylic acids is 2. The molecule has 2 atom stereocenters. The molecule has 6 rings (SSSR count). The van der Waals surface area contributed by atoms with Crippen LogP contribution in [0.15, 0.2) is 72.9 Å². The molecule has 6 nitrogen and oxygen atoms in total. The smallest absolute Gasteiger partial charge is 0.410 e. The van der Waals surface area contributed by atoms with Gasteiger partial charge in [-0.15, -0.1) is 0 Å². The van der Waals surface area contributed by atoms with Crippen LogP contribution in [-0.4, -0.2) is 53.7 Å². The first-order chi connectivity index (χ1) is 17.2. The summed E-state index contributed by atoms with van der Waals surface area (Å²) in [6, 6.07) is 22.0. The number of aromatic nitrogens is 1. The number of ether oxygens (including phenoxy) is 2. The van der Waals surface area contributed by atoms with Crippen molar-refractivity contribution in [3.05, 3.63) is 89.7 Å². The van der Waals surface area contributed by atoms with Crippen molar-refractivity contribution in [3.63, 3.8) is 0 Å². The van der Waals surface area contributed by atoms with Crippen LogP contribution in [0, 0.1) is 5.92 Å². The molecule has 3 heterocycles. The van der Waals surface area contributed by atoms with E-state index < -0.39 is 0 Å². The van der Waals surface area contributed by atoms with Crippen molar-refractivity contribution in [2.24, 2.45) is 5.92 Å². The Morgan fingerprint density at radius 3 is 2.14 bits per heavy atom. The number of hydrogen-bond acceptors (Lipinski definition) is 5. The van der Waals surface area contributed by atoms with E-state index >= 15 is 0 Å². The van der Waals surface area contributed by atoms with E-state index in [1.54, 1.807) is 6.20 Å². The van der Waals surface area contributed by atoms with Crippen LogP contribution >= 0.6 is 0 Å². The number of ketones is 1. The van der Waals surface area contributed by atoms with Gasteiger partial charge in [-0.3, -0.25) is 14.7 Å². The predicted molar refractivity (Wildman–Crippen MR) is 131 cm³/mol. The standard InChI is InChI=1S/C29H28N2O4/c32-28(15-20-7-5-6-12-30-20)19-13-21-16-34-17-22(14-19)31(21)29(33)35-18-27-25-10-3-1-8-23(25)24-9-2-4-11-26(24)27/h1-12,19,21-22,27H,13-18H2. The van der Waals surface area contributed by atoms with Crippen molar-refractivity contribution >= 4 is 11.9 Å². The van der Waals surface area contributed by atoms with Crippen LogP contribution in [0.4, 0.5) is 4.79 Å². The summed E-state index contributed by atoms with van der Waals surface area (Å²) in [6.07, 6.45) is 2.95. The highest BCUT2D eigenvalue weighted by atomic mass is 16.6. The van der Waals surface area contributed by atoms with E-state index in [1.165, 1.54) is 22.3 Å². The summed E-state index contributed by atoms with van der Waals surface area (Å²) >= 11 is 0. The third-order valence-electron chi connectivity index (χ3n) is 7.60. The van der Waals surface area contributed by atoms with E-state index in [0.717, 1.165) is 5.69 Å². The number of nitrogens with zero attached hydrogens (tertiary/aromatic N) is 2. The molecule has 0 spiro atoms. The maximum atomic E-state index is 13.3. The highest BCUT2D eigenvalue weighted by Gasteiger charge is 2.44. The number of carbonyl (C=O) groups is 2. The number of rotatable bonds is 5. The molecule has 2 saturated heterocycles. The van der Waals surface area contributed by atoms with Gasteiger partial charge in [0.25, 0.3) is 0 Å². The quantitative estimate of drug-likeness (QED) is 0.547. The summed E-state index contributed by atoms with van der Waals surface area (Å²) in [5, 5.41) is 0. The van der Waals surface area contributed by atoms with E-state index in [2.05, 4.69) is 29.2 Å². The summed E-state index contributed by atoms with van der Waals surface area (Å²) in [5.74, 6) is 0.126. The largest absolute Gasteiger partial charge is 0.448 e. The fourth-order valence-corrected chi connectivity index (χ4v) is 5.97. The van der Waals surface area contributed by atoms with Crippen LogP contribution < -0.4 is 0 Å². The molecule has 35 heavy (non-hydrogen) atoms. The summed E-state index contributed by atoms with van der Waals surface area (Å²) in [5.41, 5.74) is 5.61. The molecular formula is C29H28N2O4. The minimum absolute atomic E-state index is 0.0277. The number of benzene rings is 2. The minimum Gasteiger partial charge on any atom is -0.448 e.